The van der Waals surface area contributed by atoms with Crippen molar-refractivity contribution in [2.75, 3.05) is 0 Å². The Morgan fingerprint density at radius 3 is 2.06 bits per heavy atom. The molecule has 2 nitrogen and oxygen atoms in total. The zero-order valence-corrected chi connectivity index (χ0v) is 17.1. The lowest BCUT2D eigenvalue weighted by Gasteiger charge is -2.05. The molecular weight excluding hydrogens is 376 g/mol. The van der Waals surface area contributed by atoms with E-state index >= 15 is 0 Å². The molecule has 0 bridgehead atoms. The van der Waals surface area contributed by atoms with Gasteiger partial charge in [-0.1, -0.05) is 72.8 Å². The Kier molecular flexibility index (Phi) is 2.62. The molecule has 0 N–H and O–H groups in total. The van der Waals surface area contributed by atoms with Crippen molar-refractivity contribution in [2.45, 2.75) is 0 Å². The lowest BCUT2D eigenvalue weighted by Crippen LogP contribution is -1.89. The van der Waals surface area contributed by atoms with E-state index in [4.69, 9.17) is 0 Å². The predicted octanol–water partition coefficient (Wildman–Crippen LogP) is 7.63. The summed E-state index contributed by atoms with van der Waals surface area (Å²) in [7, 11) is 2.19. The van der Waals surface area contributed by atoms with Crippen LogP contribution in [-0.2, 0) is 7.05 Å². The molecular formula is C29H18N2. The molecule has 0 unspecified atom stereocenters. The summed E-state index contributed by atoms with van der Waals surface area (Å²) in [6.07, 6.45) is 0. The third kappa shape index (κ3) is 1.69. The fraction of sp³-hybridized carbons (Fsp3) is 0.0345. The maximum atomic E-state index is 2.53. The second kappa shape index (κ2) is 5.16. The van der Waals surface area contributed by atoms with Gasteiger partial charge in [0, 0.05) is 44.9 Å². The number of rotatable bonds is 0. The van der Waals surface area contributed by atoms with E-state index in [1.54, 1.807) is 0 Å². The molecule has 0 radical (unpaired) electrons. The first kappa shape index (κ1) is 15.8. The number of para-hydroxylation sites is 1. The van der Waals surface area contributed by atoms with Gasteiger partial charge in [-0.25, -0.2) is 0 Å². The standard InChI is InChI=1S/C29H18N2/c1-30-24-12-6-10-20-19-9-4-5-11-23(19)31-28-18-8-3-2-7-17(18)13-14-21(28)22-15-16-25(30)27(26(20)24)29(22)31/h2-16H,1H3. The number of aryl methyl sites for hydroxylation is 1. The van der Waals surface area contributed by atoms with Crippen LogP contribution in [0.5, 0.6) is 0 Å². The maximum Gasteiger partial charge on any atom is 0.0642 e. The Balaban J connectivity index is 1.92. The van der Waals surface area contributed by atoms with Gasteiger partial charge in [-0.2, -0.15) is 0 Å². The number of benzene rings is 5. The van der Waals surface area contributed by atoms with E-state index in [0.717, 1.165) is 0 Å². The largest absolute Gasteiger partial charge is 0.344 e. The second-order valence-electron chi connectivity index (χ2n) is 8.65. The predicted molar refractivity (Wildman–Crippen MR) is 133 cm³/mol. The van der Waals surface area contributed by atoms with Crippen molar-refractivity contribution in [3.63, 3.8) is 0 Å². The molecule has 0 spiro atoms. The summed E-state index contributed by atoms with van der Waals surface area (Å²) < 4.78 is 4.88. The molecule has 8 aromatic rings. The van der Waals surface area contributed by atoms with Gasteiger partial charge >= 0.3 is 0 Å². The molecule has 2 heteroatoms. The fourth-order valence-corrected chi connectivity index (χ4v) is 5.96. The maximum absolute atomic E-state index is 2.53. The minimum Gasteiger partial charge on any atom is -0.344 e. The quantitative estimate of drug-likeness (QED) is 0.250. The second-order valence-corrected chi connectivity index (χ2v) is 8.65. The summed E-state index contributed by atoms with van der Waals surface area (Å²) in [5.74, 6) is 0. The van der Waals surface area contributed by atoms with Gasteiger partial charge in [0.2, 0.25) is 0 Å². The summed E-state index contributed by atoms with van der Waals surface area (Å²) in [4.78, 5) is 0. The fourth-order valence-electron chi connectivity index (χ4n) is 5.96. The van der Waals surface area contributed by atoms with E-state index in [0.29, 0.717) is 0 Å². The van der Waals surface area contributed by atoms with Crippen LogP contribution in [0.25, 0.3) is 70.7 Å². The topological polar surface area (TPSA) is 9.34 Å². The van der Waals surface area contributed by atoms with Crippen LogP contribution in [0, 0.1) is 0 Å². The van der Waals surface area contributed by atoms with Gasteiger partial charge in [0.25, 0.3) is 0 Å². The van der Waals surface area contributed by atoms with Crippen LogP contribution < -0.4 is 0 Å². The van der Waals surface area contributed by atoms with E-state index < -0.39 is 0 Å². The van der Waals surface area contributed by atoms with Crippen LogP contribution in [0.15, 0.2) is 91.0 Å². The zero-order valence-electron chi connectivity index (χ0n) is 17.1. The molecule has 0 saturated heterocycles. The molecule has 3 heterocycles. The third-order valence-electron chi connectivity index (χ3n) is 7.24. The SMILES string of the molecule is Cn1c2cccc3c4ccccc4n4c5c6ccccc6ccc5c5ccc1c(c32)c54. The van der Waals surface area contributed by atoms with Gasteiger partial charge in [-0.05, 0) is 29.0 Å². The minimum atomic E-state index is 1.26. The van der Waals surface area contributed by atoms with Gasteiger partial charge in [-0.3, -0.25) is 0 Å². The monoisotopic (exact) mass is 394 g/mol. The Bertz CT molecular complexity index is 2000. The minimum absolute atomic E-state index is 1.26. The van der Waals surface area contributed by atoms with Crippen LogP contribution in [-0.4, -0.2) is 8.97 Å². The number of hydrogen-bond donors (Lipinski definition) is 0. The normalized spacial score (nSPS) is 12.7. The van der Waals surface area contributed by atoms with Gasteiger partial charge in [-0.15, -0.1) is 0 Å². The Morgan fingerprint density at radius 2 is 1.13 bits per heavy atom. The number of fused-ring (bicyclic) bond motifs is 8. The molecule has 3 aromatic heterocycles. The van der Waals surface area contributed by atoms with Crippen molar-refractivity contribution in [3.8, 4) is 0 Å². The number of hydrogen-bond acceptors (Lipinski definition) is 0. The third-order valence-corrected chi connectivity index (χ3v) is 7.24. The van der Waals surface area contributed by atoms with Crippen LogP contribution in [0.1, 0.15) is 0 Å². The van der Waals surface area contributed by atoms with Crippen molar-refractivity contribution >= 4 is 70.7 Å². The first-order valence-electron chi connectivity index (χ1n) is 10.8. The first-order valence-corrected chi connectivity index (χ1v) is 10.8. The Hall–Kier alpha value is -4.04. The highest BCUT2D eigenvalue weighted by atomic mass is 15.0. The highest BCUT2D eigenvalue weighted by Crippen LogP contribution is 2.44. The molecule has 8 rings (SSSR count). The van der Waals surface area contributed by atoms with E-state index in [1.807, 2.05) is 0 Å². The molecule has 0 aliphatic heterocycles. The Morgan fingerprint density at radius 1 is 0.452 bits per heavy atom. The van der Waals surface area contributed by atoms with Crippen LogP contribution in [0.2, 0.25) is 0 Å². The van der Waals surface area contributed by atoms with Crippen molar-refractivity contribution in [1.29, 1.82) is 0 Å². The molecule has 0 atom stereocenters. The number of nitrogens with zero attached hydrogens (tertiary/aromatic N) is 2. The molecule has 0 fully saturated rings. The van der Waals surface area contributed by atoms with Crippen LogP contribution in [0.3, 0.4) is 0 Å². The Labute approximate surface area is 177 Å². The summed E-state index contributed by atoms with van der Waals surface area (Å²) in [6, 6.07) is 33.6. The molecule has 0 aliphatic carbocycles. The van der Waals surface area contributed by atoms with Crippen molar-refractivity contribution in [3.05, 3.63) is 91.0 Å². The summed E-state index contributed by atoms with van der Waals surface area (Å²) in [5, 5.41) is 10.6. The molecule has 144 valence electrons. The molecule has 0 amide bonds. The summed E-state index contributed by atoms with van der Waals surface area (Å²) in [5.41, 5.74) is 6.47. The van der Waals surface area contributed by atoms with Gasteiger partial charge in [0.15, 0.2) is 0 Å². The first-order chi connectivity index (χ1) is 15.3. The van der Waals surface area contributed by atoms with Crippen LogP contribution in [0.4, 0.5) is 0 Å². The zero-order chi connectivity index (χ0) is 20.3. The molecule has 5 aromatic carbocycles. The number of aromatic nitrogens is 2. The van der Waals surface area contributed by atoms with Crippen molar-refractivity contribution in [2.24, 2.45) is 7.05 Å². The smallest absolute Gasteiger partial charge is 0.0642 e. The summed E-state index contributed by atoms with van der Waals surface area (Å²) >= 11 is 0. The van der Waals surface area contributed by atoms with E-state index in [9.17, 15) is 0 Å². The highest BCUT2D eigenvalue weighted by Gasteiger charge is 2.21. The van der Waals surface area contributed by atoms with Gasteiger partial charge in [0.05, 0.1) is 22.1 Å². The average molecular weight is 394 g/mol. The summed E-state index contributed by atoms with van der Waals surface area (Å²) in [6.45, 7) is 0. The van der Waals surface area contributed by atoms with E-state index in [1.165, 1.54) is 70.7 Å². The van der Waals surface area contributed by atoms with Crippen LogP contribution >= 0.6 is 0 Å². The van der Waals surface area contributed by atoms with E-state index in [-0.39, 0.29) is 0 Å². The lowest BCUT2D eigenvalue weighted by molar-refractivity contribution is 1.01. The van der Waals surface area contributed by atoms with E-state index in [2.05, 4.69) is 107 Å². The van der Waals surface area contributed by atoms with Gasteiger partial charge in [0.1, 0.15) is 0 Å². The van der Waals surface area contributed by atoms with Crippen molar-refractivity contribution < 1.29 is 0 Å². The van der Waals surface area contributed by atoms with Crippen molar-refractivity contribution in [1.82, 2.24) is 8.97 Å². The van der Waals surface area contributed by atoms with Gasteiger partial charge < -0.3 is 8.97 Å². The average Bonchev–Trinajstić information content (AvgIpc) is 3.27. The molecule has 31 heavy (non-hydrogen) atoms. The molecule has 0 saturated carbocycles. The lowest BCUT2D eigenvalue weighted by atomic mass is 10.0. The molecule has 0 aliphatic rings. The highest BCUT2D eigenvalue weighted by molar-refractivity contribution is 6.34.